The summed E-state index contributed by atoms with van der Waals surface area (Å²) in [7, 11) is 0. The zero-order valence-corrected chi connectivity index (χ0v) is 9.39. The summed E-state index contributed by atoms with van der Waals surface area (Å²) in [5.41, 5.74) is 1.30. The largest absolute Gasteiger partial charge is 0.120 e. The summed E-state index contributed by atoms with van der Waals surface area (Å²) in [4.78, 5) is 0. The van der Waals surface area contributed by atoms with Crippen molar-refractivity contribution in [3.05, 3.63) is 24.8 Å². The highest BCUT2D eigenvalue weighted by Gasteiger charge is 2.02. The lowest BCUT2D eigenvalue weighted by atomic mass is 9.96. The van der Waals surface area contributed by atoms with Gasteiger partial charge >= 0.3 is 0 Å². The molecule has 0 nitrogen and oxygen atoms in total. The van der Waals surface area contributed by atoms with Crippen molar-refractivity contribution in [1.82, 2.24) is 0 Å². The lowest BCUT2D eigenvalue weighted by Crippen LogP contribution is -1.95. The Morgan fingerprint density at radius 1 is 1.50 bits per heavy atom. The van der Waals surface area contributed by atoms with Crippen molar-refractivity contribution in [3.63, 3.8) is 0 Å². The molecule has 0 saturated heterocycles. The minimum atomic E-state index is 0.768. The molecular formula is C14H22. The third-order valence-corrected chi connectivity index (χ3v) is 2.44. The summed E-state index contributed by atoms with van der Waals surface area (Å²) in [6.45, 7) is 10.0. The first-order valence-corrected chi connectivity index (χ1v) is 5.41. The molecule has 0 amide bonds. The third kappa shape index (κ3) is 7.68. The minimum Gasteiger partial charge on any atom is -0.120 e. The molecule has 1 unspecified atom stereocenters. The van der Waals surface area contributed by atoms with Crippen molar-refractivity contribution in [1.29, 1.82) is 0 Å². The van der Waals surface area contributed by atoms with Crippen molar-refractivity contribution >= 4 is 0 Å². The fraction of sp³-hybridized carbons (Fsp3) is 0.571. The number of hydrogen-bond acceptors (Lipinski definition) is 0. The highest BCUT2D eigenvalue weighted by atomic mass is 14.1. The van der Waals surface area contributed by atoms with Crippen LogP contribution in [0, 0.1) is 18.3 Å². The van der Waals surface area contributed by atoms with E-state index >= 15 is 0 Å². The van der Waals surface area contributed by atoms with Gasteiger partial charge in [-0.15, -0.1) is 18.9 Å². The van der Waals surface area contributed by atoms with E-state index in [1.165, 1.54) is 18.4 Å². The van der Waals surface area contributed by atoms with E-state index in [9.17, 15) is 0 Å². The Balaban J connectivity index is 3.43. The molecule has 0 heteroatoms. The van der Waals surface area contributed by atoms with Gasteiger partial charge in [-0.2, -0.15) is 0 Å². The Bertz CT molecular complexity index is 205. The van der Waals surface area contributed by atoms with Gasteiger partial charge in [-0.05, 0) is 38.0 Å². The number of allylic oxidation sites excluding steroid dienone is 2. The monoisotopic (exact) mass is 190 g/mol. The molecule has 0 aliphatic rings. The molecule has 0 aliphatic heterocycles. The first-order chi connectivity index (χ1) is 6.70. The molecule has 0 radical (unpaired) electrons. The van der Waals surface area contributed by atoms with Crippen molar-refractivity contribution in [2.75, 3.05) is 0 Å². The van der Waals surface area contributed by atoms with Crippen molar-refractivity contribution < 1.29 is 0 Å². The van der Waals surface area contributed by atoms with Crippen LogP contribution in [0.15, 0.2) is 24.8 Å². The fourth-order valence-corrected chi connectivity index (χ4v) is 1.45. The standard InChI is InChI=1S/C14H22/c1-5-7-8-10-14(4)12-11-13(3)9-6-2/h1,6,14H,2-3,7-12H2,4H3. The Morgan fingerprint density at radius 3 is 2.79 bits per heavy atom. The van der Waals surface area contributed by atoms with E-state index in [0.717, 1.165) is 31.6 Å². The molecule has 0 N–H and O–H groups in total. The number of rotatable bonds is 8. The van der Waals surface area contributed by atoms with Crippen molar-refractivity contribution in [2.45, 2.75) is 45.4 Å². The van der Waals surface area contributed by atoms with Gasteiger partial charge in [0.2, 0.25) is 0 Å². The smallest absolute Gasteiger partial charge is 0.00861 e. The average molecular weight is 190 g/mol. The highest BCUT2D eigenvalue weighted by Crippen LogP contribution is 2.18. The molecular weight excluding hydrogens is 168 g/mol. The topological polar surface area (TPSA) is 0 Å². The summed E-state index contributed by atoms with van der Waals surface area (Å²) < 4.78 is 0. The van der Waals surface area contributed by atoms with Gasteiger partial charge in [0.15, 0.2) is 0 Å². The summed E-state index contributed by atoms with van der Waals surface area (Å²) in [6, 6.07) is 0. The molecule has 0 aromatic rings. The predicted molar refractivity (Wildman–Crippen MR) is 65.0 cm³/mol. The molecule has 0 rings (SSSR count). The SMILES string of the molecule is C#CCCCC(C)CCC(=C)CC=C. The maximum Gasteiger partial charge on any atom is 0.00861 e. The second-order valence-electron chi connectivity index (χ2n) is 3.98. The molecule has 0 bridgehead atoms. The molecule has 1 atom stereocenters. The van der Waals surface area contributed by atoms with E-state index in [-0.39, 0.29) is 0 Å². The van der Waals surface area contributed by atoms with Crippen LogP contribution in [0.3, 0.4) is 0 Å². The van der Waals surface area contributed by atoms with Crippen LogP contribution < -0.4 is 0 Å². The molecule has 0 aromatic carbocycles. The van der Waals surface area contributed by atoms with Crippen LogP contribution in [0.5, 0.6) is 0 Å². The molecule has 0 aromatic heterocycles. The van der Waals surface area contributed by atoms with Crippen LogP contribution >= 0.6 is 0 Å². The summed E-state index contributed by atoms with van der Waals surface area (Å²) in [6.07, 6.45) is 13.8. The Morgan fingerprint density at radius 2 is 2.21 bits per heavy atom. The zero-order valence-electron chi connectivity index (χ0n) is 9.39. The van der Waals surface area contributed by atoms with Gasteiger partial charge in [-0.1, -0.05) is 25.2 Å². The lowest BCUT2D eigenvalue weighted by molar-refractivity contribution is 0.477. The maximum absolute atomic E-state index is 5.20. The van der Waals surface area contributed by atoms with Gasteiger partial charge in [-0.3, -0.25) is 0 Å². The van der Waals surface area contributed by atoms with Gasteiger partial charge in [0.25, 0.3) is 0 Å². The highest BCUT2D eigenvalue weighted by molar-refractivity contribution is 4.99. The molecule has 78 valence electrons. The molecule has 0 aliphatic carbocycles. The summed E-state index contributed by atoms with van der Waals surface area (Å²) in [5.74, 6) is 3.45. The Hall–Kier alpha value is -0.960. The van der Waals surface area contributed by atoms with E-state index in [1.54, 1.807) is 0 Å². The molecule has 14 heavy (non-hydrogen) atoms. The number of hydrogen-bond donors (Lipinski definition) is 0. The van der Waals surface area contributed by atoms with Crippen LogP contribution in [-0.2, 0) is 0 Å². The molecule has 0 fully saturated rings. The van der Waals surface area contributed by atoms with Crippen LogP contribution in [-0.4, -0.2) is 0 Å². The maximum atomic E-state index is 5.20. The third-order valence-electron chi connectivity index (χ3n) is 2.44. The predicted octanol–water partition coefficient (Wildman–Crippen LogP) is 4.34. The van der Waals surface area contributed by atoms with Gasteiger partial charge in [0.05, 0.1) is 0 Å². The van der Waals surface area contributed by atoms with Crippen LogP contribution in [0.1, 0.15) is 45.4 Å². The van der Waals surface area contributed by atoms with E-state index in [4.69, 9.17) is 6.42 Å². The Labute approximate surface area is 89.1 Å². The normalized spacial score (nSPS) is 11.7. The van der Waals surface area contributed by atoms with Crippen molar-refractivity contribution in [2.24, 2.45) is 5.92 Å². The van der Waals surface area contributed by atoms with Gasteiger partial charge in [0.1, 0.15) is 0 Å². The molecule has 0 heterocycles. The van der Waals surface area contributed by atoms with Crippen LogP contribution in [0.2, 0.25) is 0 Å². The second kappa shape index (κ2) is 8.63. The average Bonchev–Trinajstić information content (AvgIpc) is 2.16. The van der Waals surface area contributed by atoms with E-state index < -0.39 is 0 Å². The van der Waals surface area contributed by atoms with E-state index in [0.29, 0.717) is 0 Å². The summed E-state index contributed by atoms with van der Waals surface area (Å²) >= 11 is 0. The van der Waals surface area contributed by atoms with E-state index in [1.807, 2.05) is 6.08 Å². The van der Waals surface area contributed by atoms with Crippen molar-refractivity contribution in [3.8, 4) is 12.3 Å². The van der Waals surface area contributed by atoms with Crippen LogP contribution in [0.25, 0.3) is 0 Å². The quantitative estimate of drug-likeness (QED) is 0.303. The first kappa shape index (κ1) is 13.0. The van der Waals surface area contributed by atoms with Crippen LogP contribution in [0.4, 0.5) is 0 Å². The molecule has 0 spiro atoms. The second-order valence-corrected chi connectivity index (χ2v) is 3.98. The van der Waals surface area contributed by atoms with E-state index in [2.05, 4.69) is 26.0 Å². The zero-order chi connectivity index (χ0) is 10.8. The first-order valence-electron chi connectivity index (χ1n) is 5.41. The van der Waals surface area contributed by atoms with Gasteiger partial charge < -0.3 is 0 Å². The number of unbranched alkanes of at least 4 members (excludes halogenated alkanes) is 1. The minimum absolute atomic E-state index is 0.768. The fourth-order valence-electron chi connectivity index (χ4n) is 1.45. The van der Waals surface area contributed by atoms with Gasteiger partial charge in [0, 0.05) is 6.42 Å². The lowest BCUT2D eigenvalue weighted by Gasteiger charge is -2.10. The van der Waals surface area contributed by atoms with Gasteiger partial charge in [-0.25, -0.2) is 0 Å². The summed E-state index contributed by atoms with van der Waals surface area (Å²) in [5, 5.41) is 0. The number of terminal acetylenes is 1. The molecule has 0 saturated carbocycles. The Kier molecular flexibility index (Phi) is 8.04.